The van der Waals surface area contributed by atoms with Crippen molar-refractivity contribution in [3.05, 3.63) is 68.9 Å². The molecule has 1 saturated heterocycles. The van der Waals surface area contributed by atoms with Crippen LogP contribution in [0.3, 0.4) is 0 Å². The van der Waals surface area contributed by atoms with Gasteiger partial charge in [0.05, 0.1) is 23.3 Å². The molecule has 4 rings (SSSR count). The van der Waals surface area contributed by atoms with E-state index in [9.17, 15) is 9.59 Å². The van der Waals surface area contributed by atoms with Gasteiger partial charge >= 0.3 is 0 Å². The molecule has 148 valence electrons. The number of rotatable bonds is 5. The molecule has 1 N–H and O–H groups in total. The summed E-state index contributed by atoms with van der Waals surface area (Å²) in [5, 5.41) is 3.12. The summed E-state index contributed by atoms with van der Waals surface area (Å²) in [4.78, 5) is 32.5. The third kappa shape index (κ3) is 3.70. The largest absolute Gasteiger partial charge is 0.467 e. The second-order valence-electron chi connectivity index (χ2n) is 6.49. The van der Waals surface area contributed by atoms with Crippen LogP contribution in [0.25, 0.3) is 11.7 Å². The Labute approximate surface area is 176 Å². The molecule has 3 aromatic heterocycles. The third-order valence-electron chi connectivity index (χ3n) is 4.39. The van der Waals surface area contributed by atoms with Crippen molar-refractivity contribution in [3.63, 3.8) is 0 Å². The van der Waals surface area contributed by atoms with Crippen LogP contribution in [0.4, 0.5) is 5.82 Å². The summed E-state index contributed by atoms with van der Waals surface area (Å²) in [6.45, 7) is 4.67. The molecule has 0 bridgehead atoms. The number of thioether (sulfide) groups is 1. The number of aromatic nitrogens is 2. The van der Waals surface area contributed by atoms with Gasteiger partial charge in [-0.15, -0.1) is 0 Å². The number of carbonyl (C=O) groups is 1. The molecule has 29 heavy (non-hydrogen) atoms. The number of hydrogen-bond donors (Lipinski definition) is 1. The van der Waals surface area contributed by atoms with E-state index >= 15 is 0 Å². The van der Waals surface area contributed by atoms with E-state index in [2.05, 4.69) is 10.3 Å². The van der Waals surface area contributed by atoms with E-state index in [0.29, 0.717) is 38.6 Å². The number of nitrogens with zero attached hydrogens (tertiary/aromatic N) is 3. The molecule has 4 heterocycles. The van der Waals surface area contributed by atoms with Gasteiger partial charge in [-0.3, -0.25) is 18.9 Å². The van der Waals surface area contributed by atoms with Gasteiger partial charge in [0.15, 0.2) is 0 Å². The van der Waals surface area contributed by atoms with Crippen LogP contribution in [-0.2, 0) is 11.3 Å². The Bertz CT molecular complexity index is 1200. The van der Waals surface area contributed by atoms with E-state index in [-0.39, 0.29) is 18.0 Å². The lowest BCUT2D eigenvalue weighted by atomic mass is 10.2. The molecule has 7 nitrogen and oxygen atoms in total. The van der Waals surface area contributed by atoms with E-state index in [4.69, 9.17) is 16.6 Å². The molecule has 1 aliphatic heterocycles. The average molecular weight is 427 g/mol. The summed E-state index contributed by atoms with van der Waals surface area (Å²) >= 11 is 6.53. The van der Waals surface area contributed by atoms with Crippen LogP contribution in [-0.4, -0.2) is 31.1 Å². The van der Waals surface area contributed by atoms with Crippen LogP contribution in [0, 0.1) is 6.92 Å². The third-order valence-corrected chi connectivity index (χ3v) is 5.77. The van der Waals surface area contributed by atoms with Gasteiger partial charge in [-0.2, -0.15) is 0 Å². The highest BCUT2D eigenvalue weighted by molar-refractivity contribution is 8.26. The molecule has 1 fully saturated rings. The highest BCUT2D eigenvalue weighted by Crippen LogP contribution is 2.34. The minimum atomic E-state index is -0.257. The van der Waals surface area contributed by atoms with Crippen LogP contribution >= 0.6 is 24.0 Å². The van der Waals surface area contributed by atoms with E-state index in [1.54, 1.807) is 36.7 Å². The topological polar surface area (TPSA) is 79.9 Å². The molecule has 0 aromatic carbocycles. The van der Waals surface area contributed by atoms with E-state index < -0.39 is 0 Å². The monoisotopic (exact) mass is 426 g/mol. The van der Waals surface area contributed by atoms with Crippen molar-refractivity contribution in [3.8, 4) is 0 Å². The highest BCUT2D eigenvalue weighted by Gasteiger charge is 2.33. The van der Waals surface area contributed by atoms with E-state index in [1.807, 2.05) is 19.9 Å². The first-order valence-corrected chi connectivity index (χ1v) is 10.2. The van der Waals surface area contributed by atoms with Gasteiger partial charge < -0.3 is 9.73 Å². The SMILES string of the molecule is CCNc1nc2ccc(C)cn2c(=O)c1/C=C1/SC(=S)N(Cc2ccco2)C1=O. The Balaban J connectivity index is 1.78. The summed E-state index contributed by atoms with van der Waals surface area (Å²) in [7, 11) is 0. The van der Waals surface area contributed by atoms with E-state index in [1.165, 1.54) is 21.1 Å². The lowest BCUT2D eigenvalue weighted by Gasteiger charge is -2.12. The van der Waals surface area contributed by atoms with Gasteiger partial charge in [-0.05, 0) is 43.7 Å². The molecule has 0 radical (unpaired) electrons. The van der Waals surface area contributed by atoms with E-state index in [0.717, 1.165) is 5.56 Å². The Kier molecular flexibility index (Phi) is 5.25. The van der Waals surface area contributed by atoms with Crippen molar-refractivity contribution in [2.45, 2.75) is 20.4 Å². The molecule has 9 heteroatoms. The molecule has 0 spiro atoms. The quantitative estimate of drug-likeness (QED) is 0.495. The zero-order chi connectivity index (χ0) is 20.5. The summed E-state index contributed by atoms with van der Waals surface area (Å²) in [5.41, 5.74) is 1.56. The fraction of sp³-hybridized carbons (Fsp3) is 0.200. The molecule has 1 aliphatic rings. The van der Waals surface area contributed by atoms with Crippen LogP contribution in [0.1, 0.15) is 23.8 Å². The van der Waals surface area contributed by atoms with Crippen molar-refractivity contribution in [1.29, 1.82) is 0 Å². The predicted octanol–water partition coefficient (Wildman–Crippen LogP) is 3.43. The number of nitrogens with one attached hydrogen (secondary N) is 1. The molecule has 0 aliphatic carbocycles. The molecule has 0 unspecified atom stereocenters. The number of amides is 1. The Hall–Kier alpha value is -2.91. The van der Waals surface area contributed by atoms with Crippen LogP contribution in [0.2, 0.25) is 0 Å². The molecule has 0 atom stereocenters. The Morgan fingerprint density at radius 2 is 2.14 bits per heavy atom. The second kappa shape index (κ2) is 7.84. The number of fused-ring (bicyclic) bond motifs is 1. The lowest BCUT2D eigenvalue weighted by Crippen LogP contribution is -2.27. The molecule has 3 aromatic rings. The highest BCUT2D eigenvalue weighted by atomic mass is 32.2. The first kappa shape index (κ1) is 19.4. The number of anilines is 1. The maximum absolute atomic E-state index is 13.1. The maximum Gasteiger partial charge on any atom is 0.267 e. The van der Waals surface area contributed by atoms with Crippen molar-refractivity contribution >= 4 is 51.7 Å². The number of thiocarbonyl (C=S) groups is 1. The number of carbonyl (C=O) groups excluding carboxylic acids is 1. The molecular formula is C20H18N4O3S2. The van der Waals surface area contributed by atoms with Crippen LogP contribution < -0.4 is 10.9 Å². The minimum Gasteiger partial charge on any atom is -0.467 e. The zero-order valence-electron chi connectivity index (χ0n) is 15.8. The van der Waals surface area contributed by atoms with Gasteiger partial charge in [0.2, 0.25) is 0 Å². The van der Waals surface area contributed by atoms with Gasteiger partial charge in [0.25, 0.3) is 11.5 Å². The summed E-state index contributed by atoms with van der Waals surface area (Å²) < 4.78 is 7.23. The normalized spacial score (nSPS) is 15.7. The van der Waals surface area contributed by atoms with Crippen molar-refractivity contribution < 1.29 is 9.21 Å². The standard InChI is InChI=1S/C20H18N4O3S2/c1-3-21-17-14(18(25)23-10-12(2)6-7-16(23)22-17)9-15-19(26)24(20(28)29-15)11-13-5-4-8-27-13/h4-10,21H,3,11H2,1-2H3/b15-9+. The van der Waals surface area contributed by atoms with Gasteiger partial charge in [-0.25, -0.2) is 4.98 Å². The first-order valence-electron chi connectivity index (χ1n) is 9.02. The fourth-order valence-electron chi connectivity index (χ4n) is 3.02. The minimum absolute atomic E-state index is 0.244. The molecule has 0 saturated carbocycles. The average Bonchev–Trinajstić information content (AvgIpc) is 3.30. The Morgan fingerprint density at radius 3 is 2.86 bits per heavy atom. The number of aryl methyl sites for hydroxylation is 1. The zero-order valence-corrected chi connectivity index (χ0v) is 17.5. The van der Waals surface area contributed by atoms with Crippen molar-refractivity contribution in [1.82, 2.24) is 14.3 Å². The molecule has 1 amide bonds. The summed E-state index contributed by atoms with van der Waals surface area (Å²) in [6, 6.07) is 7.24. The fourth-order valence-corrected chi connectivity index (χ4v) is 4.25. The van der Waals surface area contributed by atoms with Gasteiger partial charge in [-0.1, -0.05) is 30.0 Å². The van der Waals surface area contributed by atoms with Crippen molar-refractivity contribution in [2.24, 2.45) is 0 Å². The van der Waals surface area contributed by atoms with Gasteiger partial charge in [0.1, 0.15) is 21.5 Å². The van der Waals surface area contributed by atoms with Crippen LogP contribution in [0.15, 0.2) is 50.8 Å². The smallest absolute Gasteiger partial charge is 0.267 e. The number of hydrogen-bond acceptors (Lipinski definition) is 7. The second-order valence-corrected chi connectivity index (χ2v) is 8.17. The predicted molar refractivity (Wildman–Crippen MR) is 118 cm³/mol. The lowest BCUT2D eigenvalue weighted by molar-refractivity contribution is -0.122. The van der Waals surface area contributed by atoms with Gasteiger partial charge in [0, 0.05) is 12.7 Å². The summed E-state index contributed by atoms with van der Waals surface area (Å²) in [6.07, 6.45) is 4.86. The first-order chi connectivity index (χ1) is 14.0. The maximum atomic E-state index is 13.1. The number of pyridine rings is 1. The Morgan fingerprint density at radius 1 is 1.31 bits per heavy atom. The van der Waals surface area contributed by atoms with Crippen LogP contribution in [0.5, 0.6) is 0 Å². The summed E-state index contributed by atoms with van der Waals surface area (Å²) in [5.74, 6) is 0.823. The number of furan rings is 1. The molecular weight excluding hydrogens is 408 g/mol. The van der Waals surface area contributed by atoms with Crippen molar-refractivity contribution in [2.75, 3.05) is 11.9 Å².